The lowest BCUT2D eigenvalue weighted by molar-refractivity contribution is -0.209. The van der Waals surface area contributed by atoms with Gasteiger partial charge in [-0.05, 0) is 73.5 Å². The predicted octanol–water partition coefficient (Wildman–Crippen LogP) is 4.88. The maximum absolute atomic E-state index is 12.4. The lowest BCUT2D eigenvalue weighted by Gasteiger charge is -2.64. The fourth-order valence-corrected chi connectivity index (χ4v) is 8.26. The molecule has 2 N–H and O–H groups in total. The number of carbonyl (C=O) groups excluding carboxylic acids is 1. The molecule has 0 saturated heterocycles. The molecule has 27 heavy (non-hydrogen) atoms. The van der Waals surface area contributed by atoms with Gasteiger partial charge in [-0.25, -0.2) is 0 Å². The molecule has 0 aliphatic heterocycles. The Kier molecular flexibility index (Phi) is 5.03. The number of hydrogen-bond acceptors (Lipinski definition) is 3. The van der Waals surface area contributed by atoms with Crippen molar-refractivity contribution in [3.05, 3.63) is 0 Å². The molecule has 4 saturated carbocycles. The van der Waals surface area contributed by atoms with Crippen molar-refractivity contribution >= 4 is 5.78 Å². The number of aliphatic hydroxyl groups excluding tert-OH is 1. The molecular weight excluding hydrogens is 336 g/mol. The van der Waals surface area contributed by atoms with Crippen LogP contribution in [-0.4, -0.2) is 27.7 Å². The van der Waals surface area contributed by atoms with Crippen LogP contribution in [0.25, 0.3) is 0 Å². The topological polar surface area (TPSA) is 57.5 Å². The number of carbonyl (C=O) groups is 1. The van der Waals surface area contributed by atoms with Crippen molar-refractivity contribution in [3.8, 4) is 0 Å². The number of Topliss-reactive ketones (excluding diaryl/α,β-unsaturated/α-hetero) is 1. The lowest BCUT2D eigenvalue weighted by atomic mass is 9.41. The van der Waals surface area contributed by atoms with Gasteiger partial charge in [0.05, 0.1) is 11.7 Å². The monoisotopic (exact) mass is 376 g/mol. The summed E-state index contributed by atoms with van der Waals surface area (Å²) >= 11 is 0. The fourth-order valence-electron chi connectivity index (χ4n) is 8.26. The van der Waals surface area contributed by atoms with Crippen molar-refractivity contribution in [2.24, 2.45) is 34.5 Å². The Bertz CT molecular complexity index is 588. The zero-order valence-electron chi connectivity index (χ0n) is 17.7. The normalized spacial score (nSPS) is 52.2. The summed E-state index contributed by atoms with van der Waals surface area (Å²) in [5, 5.41) is 22.7. The molecule has 0 heterocycles. The van der Waals surface area contributed by atoms with Gasteiger partial charge in [-0.15, -0.1) is 0 Å². The van der Waals surface area contributed by atoms with Crippen LogP contribution in [0.1, 0.15) is 97.8 Å². The maximum atomic E-state index is 12.4. The van der Waals surface area contributed by atoms with Gasteiger partial charge in [-0.2, -0.15) is 0 Å². The summed E-state index contributed by atoms with van der Waals surface area (Å²) in [6.07, 6.45) is 11.5. The molecule has 4 fully saturated rings. The molecule has 4 aliphatic rings. The van der Waals surface area contributed by atoms with Crippen LogP contribution < -0.4 is 0 Å². The van der Waals surface area contributed by atoms with Crippen molar-refractivity contribution in [1.29, 1.82) is 0 Å². The molecule has 8 atom stereocenters. The third-order valence-corrected chi connectivity index (χ3v) is 9.86. The summed E-state index contributed by atoms with van der Waals surface area (Å²) in [6, 6.07) is 0. The summed E-state index contributed by atoms with van der Waals surface area (Å²) < 4.78 is 0. The van der Waals surface area contributed by atoms with Gasteiger partial charge in [0.1, 0.15) is 5.78 Å². The van der Waals surface area contributed by atoms with Crippen LogP contribution in [0.2, 0.25) is 0 Å². The second-order valence-electron chi connectivity index (χ2n) is 11.1. The first kappa shape index (κ1) is 19.9. The minimum atomic E-state index is -0.688. The molecule has 0 aromatic heterocycles. The molecule has 0 aromatic carbocycles. The van der Waals surface area contributed by atoms with Gasteiger partial charge in [0.2, 0.25) is 0 Å². The third kappa shape index (κ3) is 2.94. The Morgan fingerprint density at radius 3 is 2.52 bits per heavy atom. The van der Waals surface area contributed by atoms with E-state index in [1.165, 1.54) is 6.42 Å². The Morgan fingerprint density at radius 1 is 1.04 bits per heavy atom. The Hall–Kier alpha value is -0.410. The first-order valence-electron chi connectivity index (χ1n) is 11.7. The average Bonchev–Trinajstić information content (AvgIpc) is 2.92. The highest BCUT2D eigenvalue weighted by Gasteiger charge is 2.65. The van der Waals surface area contributed by atoms with E-state index in [9.17, 15) is 15.0 Å². The molecule has 0 bridgehead atoms. The summed E-state index contributed by atoms with van der Waals surface area (Å²) in [6.45, 7) is 6.92. The molecule has 4 rings (SSSR count). The molecule has 3 unspecified atom stereocenters. The summed E-state index contributed by atoms with van der Waals surface area (Å²) in [5.74, 6) is 2.17. The quantitative estimate of drug-likeness (QED) is 0.688. The van der Waals surface area contributed by atoms with Crippen LogP contribution in [0, 0.1) is 34.5 Å². The second-order valence-corrected chi connectivity index (χ2v) is 11.1. The van der Waals surface area contributed by atoms with Crippen molar-refractivity contribution in [1.82, 2.24) is 0 Å². The standard InChI is InChI=1S/C24H40O3/c1-4-5-6-11-24(27)15-17-18-7-8-21(26)23(18,3)13-10-19(17)22(2)12-9-16(25)14-20(22)24/h17-21,26-27H,4-15H2,1-3H3/t17-,18-,19-,20?,21?,22+,23-,24?/m0/s1. The van der Waals surface area contributed by atoms with E-state index in [0.717, 1.165) is 57.8 Å². The number of ketones is 1. The smallest absolute Gasteiger partial charge is 0.133 e. The number of fused-ring (bicyclic) bond motifs is 5. The highest BCUT2D eigenvalue weighted by molar-refractivity contribution is 5.80. The molecule has 3 heteroatoms. The maximum Gasteiger partial charge on any atom is 0.133 e. The van der Waals surface area contributed by atoms with E-state index in [1.54, 1.807) is 0 Å². The van der Waals surface area contributed by atoms with Gasteiger partial charge in [-0.3, -0.25) is 4.79 Å². The number of rotatable bonds is 4. The zero-order valence-corrected chi connectivity index (χ0v) is 17.7. The summed E-state index contributed by atoms with van der Waals surface area (Å²) in [4.78, 5) is 12.4. The van der Waals surface area contributed by atoms with Gasteiger partial charge >= 0.3 is 0 Å². The molecule has 0 radical (unpaired) electrons. The minimum Gasteiger partial charge on any atom is -0.393 e. The Balaban J connectivity index is 1.68. The zero-order chi connectivity index (χ0) is 19.4. The third-order valence-electron chi connectivity index (χ3n) is 9.86. The van der Waals surface area contributed by atoms with Crippen LogP contribution in [-0.2, 0) is 4.79 Å². The minimum absolute atomic E-state index is 0.0409. The fraction of sp³-hybridized carbons (Fsp3) is 0.958. The van der Waals surface area contributed by atoms with Gasteiger partial charge in [0.25, 0.3) is 0 Å². The first-order chi connectivity index (χ1) is 12.7. The molecule has 0 amide bonds. The SMILES string of the molecule is CCCCCC1(O)C[C@@H]2[C@H](CC[C@]3(C)C(O)CC[C@@H]23)[C@@]2(C)CCC(=O)CC12. The van der Waals surface area contributed by atoms with Crippen molar-refractivity contribution < 1.29 is 15.0 Å². The van der Waals surface area contributed by atoms with E-state index in [4.69, 9.17) is 0 Å². The van der Waals surface area contributed by atoms with Crippen molar-refractivity contribution in [2.45, 2.75) is 110 Å². The largest absolute Gasteiger partial charge is 0.393 e. The Labute approximate surface area is 165 Å². The molecule has 154 valence electrons. The van der Waals surface area contributed by atoms with Gasteiger partial charge in [0, 0.05) is 18.8 Å². The van der Waals surface area contributed by atoms with E-state index in [1.807, 2.05) is 0 Å². The number of hydrogen-bond donors (Lipinski definition) is 2. The van der Waals surface area contributed by atoms with Crippen LogP contribution in [0.15, 0.2) is 0 Å². The number of aliphatic hydroxyl groups is 2. The molecular formula is C24H40O3. The van der Waals surface area contributed by atoms with Crippen molar-refractivity contribution in [2.75, 3.05) is 0 Å². The summed E-state index contributed by atoms with van der Waals surface area (Å²) in [5.41, 5.74) is -0.557. The Morgan fingerprint density at radius 2 is 1.78 bits per heavy atom. The van der Waals surface area contributed by atoms with Gasteiger partial charge < -0.3 is 10.2 Å². The average molecular weight is 377 g/mol. The highest BCUT2D eigenvalue weighted by atomic mass is 16.3. The predicted molar refractivity (Wildman–Crippen MR) is 107 cm³/mol. The lowest BCUT2D eigenvalue weighted by Crippen LogP contribution is -2.63. The van der Waals surface area contributed by atoms with Gasteiger partial charge in [-0.1, -0.05) is 40.0 Å². The van der Waals surface area contributed by atoms with E-state index in [-0.39, 0.29) is 22.9 Å². The van der Waals surface area contributed by atoms with E-state index < -0.39 is 5.60 Å². The second kappa shape index (κ2) is 6.83. The van der Waals surface area contributed by atoms with Gasteiger partial charge in [0.15, 0.2) is 0 Å². The first-order valence-corrected chi connectivity index (χ1v) is 11.7. The molecule has 3 nitrogen and oxygen atoms in total. The van der Waals surface area contributed by atoms with E-state index in [0.29, 0.717) is 36.4 Å². The van der Waals surface area contributed by atoms with E-state index in [2.05, 4.69) is 20.8 Å². The van der Waals surface area contributed by atoms with Crippen LogP contribution >= 0.6 is 0 Å². The van der Waals surface area contributed by atoms with Crippen molar-refractivity contribution in [3.63, 3.8) is 0 Å². The highest BCUT2D eigenvalue weighted by Crippen LogP contribution is 2.68. The summed E-state index contributed by atoms with van der Waals surface area (Å²) in [7, 11) is 0. The van der Waals surface area contributed by atoms with Crippen LogP contribution in [0.3, 0.4) is 0 Å². The molecule has 0 spiro atoms. The van der Waals surface area contributed by atoms with E-state index >= 15 is 0 Å². The molecule has 0 aromatic rings. The van der Waals surface area contributed by atoms with Crippen LogP contribution in [0.5, 0.6) is 0 Å². The number of unbranched alkanes of at least 4 members (excludes halogenated alkanes) is 2. The van der Waals surface area contributed by atoms with Crippen LogP contribution in [0.4, 0.5) is 0 Å². The molecule has 4 aliphatic carbocycles.